The van der Waals surface area contributed by atoms with Crippen molar-refractivity contribution in [3.05, 3.63) is 58.6 Å². The van der Waals surface area contributed by atoms with Crippen LogP contribution in [0.25, 0.3) is 11.6 Å². The molecule has 1 aliphatic rings. The average molecular weight is 298 g/mol. The van der Waals surface area contributed by atoms with Crippen LogP contribution in [0.5, 0.6) is 11.5 Å². The highest BCUT2D eigenvalue weighted by Crippen LogP contribution is 2.32. The predicted octanol–water partition coefficient (Wildman–Crippen LogP) is 4.18. The van der Waals surface area contributed by atoms with E-state index in [4.69, 9.17) is 21.1 Å². The molecule has 0 spiro atoms. The topological polar surface area (TPSA) is 42.2 Å². The van der Waals surface area contributed by atoms with E-state index in [0.717, 1.165) is 16.9 Å². The van der Waals surface area contributed by atoms with Gasteiger partial charge in [-0.1, -0.05) is 35.9 Å². The van der Waals surface area contributed by atoms with Crippen LogP contribution in [-0.2, 0) is 0 Å². The van der Waals surface area contributed by atoms with Crippen LogP contribution in [0, 0.1) is 11.3 Å². The molecule has 21 heavy (non-hydrogen) atoms. The number of fused-ring (bicyclic) bond motifs is 1. The molecule has 0 unspecified atom stereocenters. The molecule has 2 aromatic rings. The average Bonchev–Trinajstić information content (AvgIpc) is 2.53. The first-order valence-electron chi connectivity index (χ1n) is 6.54. The van der Waals surface area contributed by atoms with Crippen molar-refractivity contribution in [2.24, 2.45) is 0 Å². The monoisotopic (exact) mass is 297 g/mol. The highest BCUT2D eigenvalue weighted by molar-refractivity contribution is 6.32. The minimum Gasteiger partial charge on any atom is -0.486 e. The predicted molar refractivity (Wildman–Crippen MR) is 82.4 cm³/mol. The summed E-state index contributed by atoms with van der Waals surface area (Å²) < 4.78 is 11.0. The van der Waals surface area contributed by atoms with Crippen molar-refractivity contribution in [1.29, 1.82) is 5.26 Å². The molecule has 2 aromatic carbocycles. The quantitative estimate of drug-likeness (QED) is 0.617. The summed E-state index contributed by atoms with van der Waals surface area (Å²) in [5, 5.41) is 9.93. The Hall–Kier alpha value is -2.44. The molecule has 0 aliphatic carbocycles. The van der Waals surface area contributed by atoms with E-state index in [1.165, 1.54) is 0 Å². The first kappa shape index (κ1) is 13.5. The van der Waals surface area contributed by atoms with E-state index in [-0.39, 0.29) is 0 Å². The zero-order valence-electron chi connectivity index (χ0n) is 11.2. The molecule has 0 saturated heterocycles. The summed E-state index contributed by atoms with van der Waals surface area (Å²) in [4.78, 5) is 0. The van der Waals surface area contributed by atoms with Crippen molar-refractivity contribution in [2.75, 3.05) is 13.2 Å². The van der Waals surface area contributed by atoms with Gasteiger partial charge in [0.15, 0.2) is 11.5 Å². The SMILES string of the molecule is N#CC(=Cc1ccc2c(c1)OCCO2)c1ccccc1Cl. The Labute approximate surface area is 128 Å². The lowest BCUT2D eigenvalue weighted by Gasteiger charge is -2.18. The number of nitrogens with zero attached hydrogens (tertiary/aromatic N) is 1. The molecular formula is C17H12ClNO2. The second-order valence-electron chi connectivity index (χ2n) is 4.55. The zero-order valence-corrected chi connectivity index (χ0v) is 11.9. The summed E-state index contributed by atoms with van der Waals surface area (Å²) in [5.41, 5.74) is 2.10. The minimum absolute atomic E-state index is 0.511. The largest absolute Gasteiger partial charge is 0.486 e. The Bertz CT molecular complexity index is 747. The number of hydrogen-bond acceptors (Lipinski definition) is 3. The number of allylic oxidation sites excluding steroid dienone is 1. The number of rotatable bonds is 2. The third-order valence-electron chi connectivity index (χ3n) is 3.16. The molecule has 0 fully saturated rings. The van der Waals surface area contributed by atoms with E-state index in [1.54, 1.807) is 12.1 Å². The first-order chi connectivity index (χ1) is 10.3. The fraction of sp³-hybridized carbons (Fsp3) is 0.118. The summed E-state index contributed by atoms with van der Waals surface area (Å²) >= 11 is 6.14. The molecule has 4 heteroatoms. The number of ether oxygens (including phenoxy) is 2. The highest BCUT2D eigenvalue weighted by Gasteiger charge is 2.12. The second kappa shape index (κ2) is 5.90. The van der Waals surface area contributed by atoms with Crippen LogP contribution in [0.2, 0.25) is 5.02 Å². The smallest absolute Gasteiger partial charge is 0.161 e. The van der Waals surface area contributed by atoms with Crippen molar-refractivity contribution in [3.63, 3.8) is 0 Å². The number of nitriles is 1. The summed E-state index contributed by atoms with van der Waals surface area (Å²) in [6.07, 6.45) is 1.79. The molecule has 3 nitrogen and oxygen atoms in total. The van der Waals surface area contributed by atoms with Gasteiger partial charge in [0, 0.05) is 10.6 Å². The molecule has 0 amide bonds. The maximum Gasteiger partial charge on any atom is 0.161 e. The lowest BCUT2D eigenvalue weighted by molar-refractivity contribution is 0.171. The molecule has 0 atom stereocenters. The van der Waals surface area contributed by atoms with E-state index < -0.39 is 0 Å². The minimum atomic E-state index is 0.511. The van der Waals surface area contributed by atoms with Gasteiger partial charge in [-0.15, -0.1) is 0 Å². The molecule has 0 aromatic heterocycles. The highest BCUT2D eigenvalue weighted by atomic mass is 35.5. The van der Waals surface area contributed by atoms with Crippen molar-refractivity contribution < 1.29 is 9.47 Å². The van der Waals surface area contributed by atoms with Crippen LogP contribution in [0.15, 0.2) is 42.5 Å². The molecule has 1 heterocycles. The Morgan fingerprint density at radius 3 is 2.62 bits per heavy atom. The summed E-state index contributed by atoms with van der Waals surface area (Å²) in [6.45, 7) is 1.10. The third kappa shape index (κ3) is 2.86. The van der Waals surface area contributed by atoms with Crippen LogP contribution >= 0.6 is 11.6 Å². The van der Waals surface area contributed by atoms with E-state index in [0.29, 0.717) is 29.6 Å². The van der Waals surface area contributed by atoms with Crippen LogP contribution < -0.4 is 9.47 Å². The van der Waals surface area contributed by atoms with Gasteiger partial charge in [0.05, 0.1) is 11.6 Å². The van der Waals surface area contributed by atoms with Crippen LogP contribution in [0.1, 0.15) is 11.1 Å². The lowest BCUT2D eigenvalue weighted by Crippen LogP contribution is -2.15. The summed E-state index contributed by atoms with van der Waals surface area (Å²) in [7, 11) is 0. The van der Waals surface area contributed by atoms with Gasteiger partial charge in [-0.05, 0) is 29.8 Å². The van der Waals surface area contributed by atoms with Gasteiger partial charge in [-0.25, -0.2) is 0 Å². The molecule has 3 rings (SSSR count). The number of hydrogen-bond donors (Lipinski definition) is 0. The van der Waals surface area contributed by atoms with Crippen LogP contribution in [0.4, 0.5) is 0 Å². The van der Waals surface area contributed by atoms with Gasteiger partial charge in [0.25, 0.3) is 0 Å². The van der Waals surface area contributed by atoms with E-state index in [1.807, 2.05) is 36.4 Å². The van der Waals surface area contributed by atoms with Gasteiger partial charge < -0.3 is 9.47 Å². The maximum atomic E-state index is 9.37. The molecule has 104 valence electrons. The van der Waals surface area contributed by atoms with Gasteiger partial charge in [0.2, 0.25) is 0 Å². The van der Waals surface area contributed by atoms with E-state index in [9.17, 15) is 5.26 Å². The van der Waals surface area contributed by atoms with Crippen LogP contribution in [-0.4, -0.2) is 13.2 Å². The van der Waals surface area contributed by atoms with Crippen molar-refractivity contribution in [3.8, 4) is 17.6 Å². The third-order valence-corrected chi connectivity index (χ3v) is 3.49. The van der Waals surface area contributed by atoms with Crippen molar-refractivity contribution in [2.45, 2.75) is 0 Å². The second-order valence-corrected chi connectivity index (χ2v) is 4.96. The lowest BCUT2D eigenvalue weighted by atomic mass is 10.0. The fourth-order valence-corrected chi connectivity index (χ4v) is 2.40. The van der Waals surface area contributed by atoms with E-state index >= 15 is 0 Å². The van der Waals surface area contributed by atoms with Crippen LogP contribution in [0.3, 0.4) is 0 Å². The molecule has 0 N–H and O–H groups in total. The van der Waals surface area contributed by atoms with Gasteiger partial charge in [0.1, 0.15) is 13.2 Å². The molecular weight excluding hydrogens is 286 g/mol. The Balaban J connectivity index is 2.00. The first-order valence-corrected chi connectivity index (χ1v) is 6.92. The van der Waals surface area contributed by atoms with Crippen molar-refractivity contribution >= 4 is 23.3 Å². The van der Waals surface area contributed by atoms with Gasteiger partial charge >= 0.3 is 0 Å². The molecule has 0 radical (unpaired) electrons. The maximum absolute atomic E-state index is 9.37. The number of halogens is 1. The Kier molecular flexibility index (Phi) is 3.81. The molecule has 1 aliphatic heterocycles. The normalized spacial score (nSPS) is 13.6. The summed E-state index contributed by atoms with van der Waals surface area (Å²) in [5.74, 6) is 1.43. The van der Waals surface area contributed by atoms with Gasteiger partial charge in [-0.2, -0.15) is 5.26 Å². The number of benzene rings is 2. The Morgan fingerprint density at radius 1 is 1.10 bits per heavy atom. The molecule has 0 bridgehead atoms. The fourth-order valence-electron chi connectivity index (χ4n) is 2.17. The zero-order chi connectivity index (χ0) is 14.7. The molecule has 0 saturated carbocycles. The van der Waals surface area contributed by atoms with E-state index in [2.05, 4.69) is 6.07 Å². The summed E-state index contributed by atoms with van der Waals surface area (Å²) in [6, 6.07) is 15.1. The Morgan fingerprint density at radius 2 is 1.86 bits per heavy atom. The van der Waals surface area contributed by atoms with Crippen molar-refractivity contribution in [1.82, 2.24) is 0 Å². The van der Waals surface area contributed by atoms with Gasteiger partial charge in [-0.3, -0.25) is 0 Å². The standard InChI is InChI=1S/C17H12ClNO2/c18-15-4-2-1-3-14(15)13(11-19)9-12-5-6-16-17(10-12)21-8-7-20-16/h1-6,9-10H,7-8H2.